The average molecular weight is 335 g/mol. The topological polar surface area (TPSA) is 55.3 Å². The lowest BCUT2D eigenvalue weighted by molar-refractivity contribution is 0.0484. The highest BCUT2D eigenvalue weighted by molar-refractivity contribution is 5.95. The van der Waals surface area contributed by atoms with Crippen molar-refractivity contribution in [2.45, 2.75) is 43.6 Å². The van der Waals surface area contributed by atoms with Crippen molar-refractivity contribution in [3.63, 3.8) is 0 Å². The molecule has 5 nitrogen and oxygen atoms in total. The van der Waals surface area contributed by atoms with E-state index in [-0.39, 0.29) is 11.5 Å². The lowest BCUT2D eigenvalue weighted by atomic mass is 9.90. The molecule has 1 aromatic carbocycles. The summed E-state index contributed by atoms with van der Waals surface area (Å²) in [6.45, 7) is 1.39. The summed E-state index contributed by atoms with van der Waals surface area (Å²) in [5.41, 5.74) is 2.64. The third kappa shape index (κ3) is 2.58. The van der Waals surface area contributed by atoms with Crippen molar-refractivity contribution in [2.75, 3.05) is 13.1 Å². The summed E-state index contributed by atoms with van der Waals surface area (Å²) < 4.78 is 6.36. The molecule has 1 aliphatic carbocycles. The molecule has 1 saturated carbocycles. The van der Waals surface area contributed by atoms with Gasteiger partial charge in [0.15, 0.2) is 0 Å². The molecule has 25 heavy (non-hydrogen) atoms. The minimum absolute atomic E-state index is 0.0573. The third-order valence-corrected chi connectivity index (χ3v) is 5.69. The van der Waals surface area contributed by atoms with Crippen LogP contribution in [0.5, 0.6) is 5.75 Å². The number of amides is 1. The Hall–Kier alpha value is -2.43. The molecule has 2 fully saturated rings. The van der Waals surface area contributed by atoms with E-state index in [1.165, 1.54) is 5.56 Å². The summed E-state index contributed by atoms with van der Waals surface area (Å²) in [7, 11) is 0. The number of fused-ring (bicyclic) bond motifs is 1. The Balaban J connectivity index is 1.37. The number of benzene rings is 1. The van der Waals surface area contributed by atoms with Crippen LogP contribution in [0.4, 0.5) is 0 Å². The summed E-state index contributed by atoms with van der Waals surface area (Å²) in [5.74, 6) is 1.47. The Labute approximate surface area is 147 Å². The van der Waals surface area contributed by atoms with Crippen molar-refractivity contribution >= 4 is 5.91 Å². The highest BCUT2D eigenvalue weighted by Crippen LogP contribution is 2.42. The molecular weight excluding hydrogens is 314 g/mol. The zero-order chi connectivity index (χ0) is 16.9. The number of aryl methyl sites for hydroxylation is 1. The molecule has 1 saturated heterocycles. The predicted octanol–water partition coefficient (Wildman–Crippen LogP) is 2.96. The first-order chi connectivity index (χ1) is 12.2. The second kappa shape index (κ2) is 5.55. The van der Waals surface area contributed by atoms with Gasteiger partial charge < -0.3 is 9.64 Å². The number of ether oxygens (including phenoxy) is 1. The van der Waals surface area contributed by atoms with Gasteiger partial charge in [-0.2, -0.15) is 0 Å². The predicted molar refractivity (Wildman–Crippen MR) is 92.6 cm³/mol. The molecule has 3 aliphatic rings. The van der Waals surface area contributed by atoms with Gasteiger partial charge in [-0.25, -0.2) is 9.97 Å². The van der Waals surface area contributed by atoms with Crippen LogP contribution >= 0.6 is 0 Å². The maximum Gasteiger partial charge on any atom is 0.257 e. The van der Waals surface area contributed by atoms with Crippen molar-refractivity contribution in [3.8, 4) is 5.75 Å². The molecular formula is C20H21N3O2. The first-order valence-corrected chi connectivity index (χ1v) is 9.10. The van der Waals surface area contributed by atoms with Gasteiger partial charge in [-0.05, 0) is 37.3 Å². The molecule has 0 bridgehead atoms. The van der Waals surface area contributed by atoms with Crippen LogP contribution in [0.3, 0.4) is 0 Å². The van der Waals surface area contributed by atoms with E-state index in [9.17, 15) is 4.79 Å². The lowest BCUT2D eigenvalue weighted by Crippen LogP contribution is -2.43. The number of para-hydroxylation sites is 1. The normalized spacial score (nSPS) is 24.9. The number of carbonyl (C=O) groups excluding carboxylic acids is 1. The van der Waals surface area contributed by atoms with Crippen molar-refractivity contribution in [1.82, 2.24) is 14.9 Å². The molecule has 128 valence electrons. The number of hydrogen-bond donors (Lipinski definition) is 0. The van der Waals surface area contributed by atoms with Gasteiger partial charge in [0, 0.05) is 25.1 Å². The van der Waals surface area contributed by atoms with E-state index < -0.39 is 0 Å². The fourth-order valence-electron chi connectivity index (χ4n) is 4.12. The number of aromatic nitrogens is 2. The van der Waals surface area contributed by atoms with Crippen LogP contribution in [0.1, 0.15) is 53.2 Å². The number of rotatable bonds is 2. The van der Waals surface area contributed by atoms with Crippen LogP contribution < -0.4 is 4.74 Å². The molecule has 1 unspecified atom stereocenters. The van der Waals surface area contributed by atoms with Gasteiger partial charge in [0.2, 0.25) is 0 Å². The van der Waals surface area contributed by atoms with E-state index in [0.29, 0.717) is 18.0 Å². The van der Waals surface area contributed by atoms with E-state index in [2.05, 4.69) is 22.1 Å². The van der Waals surface area contributed by atoms with Crippen molar-refractivity contribution in [3.05, 3.63) is 53.6 Å². The van der Waals surface area contributed by atoms with Crippen LogP contribution in [0.2, 0.25) is 0 Å². The van der Waals surface area contributed by atoms with E-state index in [0.717, 1.165) is 50.1 Å². The highest BCUT2D eigenvalue weighted by atomic mass is 16.5. The summed E-state index contributed by atoms with van der Waals surface area (Å²) in [5, 5.41) is 0. The van der Waals surface area contributed by atoms with Crippen LogP contribution in [0.25, 0.3) is 0 Å². The van der Waals surface area contributed by atoms with Crippen LogP contribution in [0.15, 0.2) is 36.8 Å². The van der Waals surface area contributed by atoms with E-state index in [1.807, 2.05) is 17.0 Å². The van der Waals surface area contributed by atoms with Crippen LogP contribution in [-0.2, 0) is 6.42 Å². The largest absolute Gasteiger partial charge is 0.485 e. The number of carbonyl (C=O) groups is 1. The van der Waals surface area contributed by atoms with Crippen LogP contribution in [0, 0.1) is 0 Å². The molecule has 5 heteroatoms. The smallest absolute Gasteiger partial charge is 0.257 e. The van der Waals surface area contributed by atoms with Gasteiger partial charge in [0.1, 0.15) is 17.7 Å². The van der Waals surface area contributed by atoms with Gasteiger partial charge in [-0.15, -0.1) is 0 Å². The molecule has 1 amide bonds. The quantitative estimate of drug-likeness (QED) is 0.847. The number of likely N-dealkylation sites (tertiary alicyclic amines) is 1. The Morgan fingerprint density at radius 2 is 2.12 bits per heavy atom. The van der Waals surface area contributed by atoms with Crippen molar-refractivity contribution in [1.29, 1.82) is 0 Å². The average Bonchev–Trinajstić information content (AvgIpc) is 3.43. The Morgan fingerprint density at radius 3 is 3.00 bits per heavy atom. The van der Waals surface area contributed by atoms with E-state index in [4.69, 9.17) is 4.74 Å². The van der Waals surface area contributed by atoms with Gasteiger partial charge in [-0.1, -0.05) is 18.2 Å². The second-order valence-corrected chi connectivity index (χ2v) is 7.47. The minimum atomic E-state index is -0.237. The Morgan fingerprint density at radius 1 is 1.24 bits per heavy atom. The van der Waals surface area contributed by atoms with Crippen molar-refractivity contribution in [2.24, 2.45) is 0 Å². The molecule has 2 aliphatic heterocycles. The zero-order valence-electron chi connectivity index (χ0n) is 14.1. The highest BCUT2D eigenvalue weighted by Gasteiger charge is 2.45. The summed E-state index contributed by atoms with van der Waals surface area (Å²) in [4.78, 5) is 23.5. The summed E-state index contributed by atoms with van der Waals surface area (Å²) >= 11 is 0. The fourth-order valence-corrected chi connectivity index (χ4v) is 4.12. The maximum atomic E-state index is 13.1. The summed E-state index contributed by atoms with van der Waals surface area (Å²) in [6.07, 6.45) is 8.36. The fraction of sp³-hybridized carbons (Fsp3) is 0.450. The van der Waals surface area contributed by atoms with Crippen molar-refractivity contribution < 1.29 is 9.53 Å². The Kier molecular flexibility index (Phi) is 3.30. The SMILES string of the molecule is O=C(c1cncnc1C1CC1)N1CCC2(CCc3ccccc3O2)C1. The molecule has 5 rings (SSSR count). The lowest BCUT2D eigenvalue weighted by Gasteiger charge is -2.35. The number of hydrogen-bond acceptors (Lipinski definition) is 4. The van der Waals surface area contributed by atoms with Gasteiger partial charge in [-0.3, -0.25) is 4.79 Å². The third-order valence-electron chi connectivity index (χ3n) is 5.69. The molecule has 1 atom stereocenters. The first kappa shape index (κ1) is 14.9. The monoisotopic (exact) mass is 335 g/mol. The second-order valence-electron chi connectivity index (χ2n) is 7.47. The molecule has 1 aromatic heterocycles. The van der Waals surface area contributed by atoms with E-state index in [1.54, 1.807) is 12.5 Å². The molecule has 2 aromatic rings. The molecule has 3 heterocycles. The molecule has 1 spiro atoms. The van der Waals surface area contributed by atoms with Crippen LogP contribution in [-0.4, -0.2) is 39.5 Å². The summed E-state index contributed by atoms with van der Waals surface area (Å²) in [6, 6.07) is 8.23. The van der Waals surface area contributed by atoms with E-state index >= 15 is 0 Å². The Bertz CT molecular complexity index is 833. The standard InChI is InChI=1S/C20H21N3O2/c24-19(16-11-21-13-22-18(16)15-5-6-15)23-10-9-20(12-23)8-7-14-3-1-2-4-17(14)25-20/h1-4,11,13,15H,5-10,12H2. The van der Waals surface area contributed by atoms with Gasteiger partial charge in [0.25, 0.3) is 5.91 Å². The molecule has 0 radical (unpaired) electrons. The first-order valence-electron chi connectivity index (χ1n) is 9.10. The number of nitrogens with zero attached hydrogens (tertiary/aromatic N) is 3. The zero-order valence-corrected chi connectivity index (χ0v) is 14.1. The minimum Gasteiger partial charge on any atom is -0.485 e. The molecule has 0 N–H and O–H groups in total. The van der Waals surface area contributed by atoms with Gasteiger partial charge >= 0.3 is 0 Å². The maximum absolute atomic E-state index is 13.1. The van der Waals surface area contributed by atoms with Gasteiger partial charge in [0.05, 0.1) is 17.8 Å².